The fourth-order valence-corrected chi connectivity index (χ4v) is 10.2. The van der Waals surface area contributed by atoms with Crippen LogP contribution in [0.25, 0.3) is 78.6 Å². The number of para-hydroxylation sites is 2. The first-order chi connectivity index (χ1) is 36.7. The molecular formula is C68H48N6. The first kappa shape index (κ1) is 43.9. The Labute approximate surface area is 430 Å². The Bertz CT molecular complexity index is 3770. The van der Waals surface area contributed by atoms with Crippen molar-refractivity contribution in [2.24, 2.45) is 0 Å². The van der Waals surface area contributed by atoms with Crippen LogP contribution in [0.5, 0.6) is 0 Å². The third-order valence-corrected chi connectivity index (χ3v) is 13.7. The molecule has 0 fully saturated rings. The van der Waals surface area contributed by atoms with E-state index in [0.29, 0.717) is 0 Å². The molecule has 13 rings (SSSR count). The van der Waals surface area contributed by atoms with E-state index in [-0.39, 0.29) is 0 Å². The van der Waals surface area contributed by atoms with Crippen LogP contribution in [-0.4, -0.2) is 18.8 Å². The molecule has 0 aliphatic rings. The van der Waals surface area contributed by atoms with Gasteiger partial charge in [-0.05, 0) is 119 Å². The van der Waals surface area contributed by atoms with Gasteiger partial charge in [-0.15, -0.1) is 0 Å². The Kier molecular flexibility index (Phi) is 11.4. The highest BCUT2D eigenvalue weighted by molar-refractivity contribution is 5.88. The maximum absolute atomic E-state index is 5.11. The normalized spacial score (nSPS) is 11.2. The maximum atomic E-state index is 5.11. The largest absolute Gasteiger partial charge is 0.310 e. The van der Waals surface area contributed by atoms with E-state index in [9.17, 15) is 0 Å². The second-order valence-corrected chi connectivity index (χ2v) is 18.3. The van der Waals surface area contributed by atoms with Gasteiger partial charge in [0.2, 0.25) is 0 Å². The number of imidazole rings is 2. The summed E-state index contributed by atoms with van der Waals surface area (Å²) in [5.41, 5.74) is 21.2. The van der Waals surface area contributed by atoms with E-state index in [4.69, 9.17) is 9.97 Å². The van der Waals surface area contributed by atoms with Gasteiger partial charge in [0.15, 0.2) is 0 Å². The quantitative estimate of drug-likeness (QED) is 0.122. The molecule has 0 aliphatic carbocycles. The molecule has 0 radical (unpaired) electrons. The van der Waals surface area contributed by atoms with Crippen LogP contribution >= 0.6 is 0 Å². The molecule has 0 saturated carbocycles. The first-order valence-electron chi connectivity index (χ1n) is 25.0. The van der Waals surface area contributed by atoms with E-state index in [2.05, 4.69) is 286 Å². The van der Waals surface area contributed by atoms with Crippen LogP contribution in [0.15, 0.2) is 291 Å². The maximum Gasteiger partial charge on any atom is 0.137 e. The molecule has 4 aromatic heterocycles. The molecule has 0 atom stereocenters. The van der Waals surface area contributed by atoms with Gasteiger partial charge in [-0.3, -0.25) is 8.80 Å². The van der Waals surface area contributed by atoms with Crippen molar-refractivity contribution in [2.75, 3.05) is 9.80 Å². The van der Waals surface area contributed by atoms with Crippen molar-refractivity contribution in [1.29, 1.82) is 0 Å². The summed E-state index contributed by atoms with van der Waals surface area (Å²) >= 11 is 0. The van der Waals surface area contributed by atoms with E-state index >= 15 is 0 Å². The predicted molar refractivity (Wildman–Crippen MR) is 306 cm³/mol. The van der Waals surface area contributed by atoms with Gasteiger partial charge in [0.05, 0.1) is 22.8 Å². The minimum absolute atomic E-state index is 0.913. The number of hydrogen-bond acceptors (Lipinski definition) is 4. The second-order valence-electron chi connectivity index (χ2n) is 18.3. The zero-order valence-electron chi connectivity index (χ0n) is 40.4. The lowest BCUT2D eigenvalue weighted by Crippen LogP contribution is -2.10. The fraction of sp³-hybridized carbons (Fsp3) is 0. The third-order valence-electron chi connectivity index (χ3n) is 13.7. The standard InChI is InChI=1S/C68H48N6/c1-5-19-53(20-6-1)65-67(71-45-15-13-31-63(71)69-65)55-23-17-29-61(47-55)73(57-25-9-3-10-26-57)59-41-37-51(38-42-59)49-33-35-50(36-34-49)52-39-43-60(44-40-52)74(58-27-11-4-12-28-58)62-30-18-24-56(48-62)68-66(54-21-7-2-8-22-54)70-64-32-14-16-46-72(64)68/h1-48H. The van der Waals surface area contributed by atoms with Gasteiger partial charge < -0.3 is 9.80 Å². The molecule has 0 N–H and O–H groups in total. The number of benzene rings is 9. The Morgan fingerprint density at radius 3 is 0.905 bits per heavy atom. The Hall–Kier alpha value is -10.0. The van der Waals surface area contributed by atoms with Gasteiger partial charge in [-0.1, -0.05) is 182 Å². The average molecular weight is 949 g/mol. The topological polar surface area (TPSA) is 41.1 Å². The minimum Gasteiger partial charge on any atom is -0.310 e. The van der Waals surface area contributed by atoms with E-state index in [1.165, 1.54) is 0 Å². The molecule has 0 unspecified atom stereocenters. The highest BCUT2D eigenvalue weighted by Gasteiger charge is 2.21. The molecule has 0 bridgehead atoms. The average Bonchev–Trinajstić information content (AvgIpc) is 4.07. The molecule has 6 heteroatoms. The summed E-state index contributed by atoms with van der Waals surface area (Å²) in [7, 11) is 0. The molecule has 350 valence electrons. The van der Waals surface area contributed by atoms with Gasteiger partial charge in [-0.25, -0.2) is 9.97 Å². The van der Waals surface area contributed by atoms with Crippen LogP contribution in [0.1, 0.15) is 0 Å². The number of pyridine rings is 2. The second kappa shape index (κ2) is 19.3. The molecule has 6 nitrogen and oxygen atoms in total. The van der Waals surface area contributed by atoms with Crippen LogP contribution in [0.3, 0.4) is 0 Å². The molecule has 0 spiro atoms. The number of rotatable bonds is 12. The SMILES string of the molecule is c1ccc(-c2nc3ccccn3c2-c2cccc(N(c3ccccc3)c3ccc(-c4ccc(-c5ccc(N(c6ccccc6)c6cccc(-c7c(-c8ccccc8)nc8ccccn78)c6)cc5)cc4)cc3)c2)cc1. The van der Waals surface area contributed by atoms with Gasteiger partial charge in [0.1, 0.15) is 11.3 Å². The van der Waals surface area contributed by atoms with Crippen LogP contribution in [0, 0.1) is 0 Å². The first-order valence-corrected chi connectivity index (χ1v) is 25.0. The lowest BCUT2D eigenvalue weighted by atomic mass is 9.99. The van der Waals surface area contributed by atoms with Crippen LogP contribution in [-0.2, 0) is 0 Å². The number of nitrogens with zero attached hydrogens (tertiary/aromatic N) is 6. The number of aromatic nitrogens is 4. The number of hydrogen-bond donors (Lipinski definition) is 0. The summed E-state index contributed by atoms with van der Waals surface area (Å²) in [5, 5.41) is 0. The molecule has 13 aromatic rings. The van der Waals surface area contributed by atoms with Crippen molar-refractivity contribution >= 4 is 45.4 Å². The van der Waals surface area contributed by atoms with Crippen LogP contribution in [0.4, 0.5) is 34.1 Å². The molecular weight excluding hydrogens is 901 g/mol. The fourth-order valence-electron chi connectivity index (χ4n) is 10.2. The predicted octanol–water partition coefficient (Wildman–Crippen LogP) is 17.9. The minimum atomic E-state index is 0.913. The van der Waals surface area contributed by atoms with E-state index in [0.717, 1.165) is 113 Å². The van der Waals surface area contributed by atoms with Gasteiger partial charge in [0.25, 0.3) is 0 Å². The van der Waals surface area contributed by atoms with Crippen molar-refractivity contribution in [3.8, 4) is 67.3 Å². The summed E-state index contributed by atoms with van der Waals surface area (Å²) in [6.07, 6.45) is 4.20. The van der Waals surface area contributed by atoms with Gasteiger partial charge in [0, 0.05) is 68.8 Å². The molecule has 0 aliphatic heterocycles. The zero-order valence-corrected chi connectivity index (χ0v) is 40.4. The van der Waals surface area contributed by atoms with E-state index in [1.807, 2.05) is 24.3 Å². The Balaban J connectivity index is 0.787. The van der Waals surface area contributed by atoms with Crippen LogP contribution < -0.4 is 9.80 Å². The zero-order chi connectivity index (χ0) is 49.2. The lowest BCUT2D eigenvalue weighted by Gasteiger charge is -2.26. The Morgan fingerprint density at radius 1 is 0.230 bits per heavy atom. The highest BCUT2D eigenvalue weighted by atomic mass is 15.1. The lowest BCUT2D eigenvalue weighted by molar-refractivity contribution is 1.19. The van der Waals surface area contributed by atoms with Gasteiger partial charge >= 0.3 is 0 Å². The molecule has 9 aromatic carbocycles. The summed E-state index contributed by atoms with van der Waals surface area (Å²) in [6.45, 7) is 0. The molecule has 4 heterocycles. The van der Waals surface area contributed by atoms with E-state index in [1.54, 1.807) is 0 Å². The van der Waals surface area contributed by atoms with Crippen molar-refractivity contribution < 1.29 is 0 Å². The third kappa shape index (κ3) is 8.36. The number of anilines is 6. The monoisotopic (exact) mass is 948 g/mol. The molecule has 0 saturated heterocycles. The highest BCUT2D eigenvalue weighted by Crippen LogP contribution is 2.42. The summed E-state index contributed by atoms with van der Waals surface area (Å²) in [5.74, 6) is 0. The van der Waals surface area contributed by atoms with Crippen molar-refractivity contribution in [3.05, 3.63) is 291 Å². The molecule has 74 heavy (non-hydrogen) atoms. The van der Waals surface area contributed by atoms with Crippen molar-refractivity contribution in [2.45, 2.75) is 0 Å². The van der Waals surface area contributed by atoms with Crippen molar-refractivity contribution in [1.82, 2.24) is 18.8 Å². The summed E-state index contributed by atoms with van der Waals surface area (Å²) in [6, 6.07) is 98.7. The Morgan fingerprint density at radius 2 is 0.527 bits per heavy atom. The summed E-state index contributed by atoms with van der Waals surface area (Å²) < 4.78 is 4.38. The summed E-state index contributed by atoms with van der Waals surface area (Å²) in [4.78, 5) is 14.9. The number of fused-ring (bicyclic) bond motifs is 2. The molecule has 0 amide bonds. The van der Waals surface area contributed by atoms with E-state index < -0.39 is 0 Å². The van der Waals surface area contributed by atoms with Gasteiger partial charge in [-0.2, -0.15) is 0 Å². The van der Waals surface area contributed by atoms with Crippen molar-refractivity contribution in [3.63, 3.8) is 0 Å². The smallest absolute Gasteiger partial charge is 0.137 e. The van der Waals surface area contributed by atoms with Crippen LogP contribution in [0.2, 0.25) is 0 Å².